The lowest BCUT2D eigenvalue weighted by molar-refractivity contribution is -0.136. The number of ether oxygens (including phenoxy) is 2. The number of hydrogen-bond donors (Lipinski definition) is 1. The Morgan fingerprint density at radius 3 is 2.42 bits per heavy atom. The number of thiophene rings is 1. The van der Waals surface area contributed by atoms with Crippen molar-refractivity contribution in [1.29, 1.82) is 0 Å². The third-order valence-corrected chi connectivity index (χ3v) is 7.83. The van der Waals surface area contributed by atoms with Crippen LogP contribution in [0.3, 0.4) is 0 Å². The van der Waals surface area contributed by atoms with E-state index in [9.17, 15) is 13.2 Å². The molecule has 5 heterocycles. The van der Waals surface area contributed by atoms with Gasteiger partial charge >= 0.3 is 6.18 Å². The summed E-state index contributed by atoms with van der Waals surface area (Å²) >= 11 is 1.13. The normalized spacial score (nSPS) is 16.9. The van der Waals surface area contributed by atoms with Gasteiger partial charge in [-0.1, -0.05) is 12.1 Å². The van der Waals surface area contributed by atoms with E-state index >= 15 is 0 Å². The first kappa shape index (κ1) is 25.1. The first-order valence-electron chi connectivity index (χ1n) is 12.7. The molecule has 4 aromatic rings. The molecule has 1 N–H and O–H groups in total. The summed E-state index contributed by atoms with van der Waals surface area (Å²) in [4.78, 5) is 18.3. The van der Waals surface area contributed by atoms with Crippen molar-refractivity contribution in [3.8, 4) is 17.1 Å². The van der Waals surface area contributed by atoms with Crippen LogP contribution in [0.1, 0.15) is 12.5 Å². The van der Waals surface area contributed by atoms with E-state index < -0.39 is 11.7 Å². The second-order valence-electron chi connectivity index (χ2n) is 9.16. The highest BCUT2D eigenvalue weighted by molar-refractivity contribution is 7.25. The monoisotopic (exact) mass is 544 g/mol. The fourth-order valence-corrected chi connectivity index (χ4v) is 5.96. The molecule has 2 aliphatic rings. The van der Waals surface area contributed by atoms with Gasteiger partial charge in [0.1, 0.15) is 15.0 Å². The van der Waals surface area contributed by atoms with E-state index in [-0.39, 0.29) is 21.4 Å². The Hall–Kier alpha value is -3.22. The molecule has 0 spiro atoms. The highest BCUT2D eigenvalue weighted by atomic mass is 32.1. The molecule has 12 heteroatoms. The van der Waals surface area contributed by atoms with Crippen LogP contribution in [0.25, 0.3) is 31.7 Å². The average molecular weight is 545 g/mol. The van der Waals surface area contributed by atoms with Gasteiger partial charge in [0.2, 0.25) is 11.8 Å². The topological polar surface area (TPSA) is 75.6 Å². The number of rotatable bonds is 5. The molecule has 0 amide bonds. The third-order valence-electron chi connectivity index (χ3n) is 6.77. The maximum atomic E-state index is 14.5. The lowest BCUT2D eigenvalue weighted by atomic mass is 10.1. The van der Waals surface area contributed by atoms with Crippen LogP contribution in [-0.4, -0.2) is 74.0 Å². The second kappa shape index (κ2) is 10.2. The Kier molecular flexibility index (Phi) is 6.70. The lowest BCUT2D eigenvalue weighted by Crippen LogP contribution is -2.44. The van der Waals surface area contributed by atoms with Gasteiger partial charge in [-0.25, -0.2) is 9.97 Å². The third kappa shape index (κ3) is 4.72. The lowest BCUT2D eigenvalue weighted by Gasteiger charge is -2.28. The molecule has 2 aliphatic heterocycles. The van der Waals surface area contributed by atoms with Crippen molar-refractivity contribution >= 4 is 43.4 Å². The van der Waals surface area contributed by atoms with Crippen molar-refractivity contribution in [3.05, 3.63) is 35.9 Å². The molecule has 0 aliphatic carbocycles. The van der Waals surface area contributed by atoms with Gasteiger partial charge in [0.25, 0.3) is 0 Å². The Bertz CT molecular complexity index is 1450. The van der Waals surface area contributed by atoms with E-state index in [0.717, 1.165) is 49.3 Å². The minimum Gasteiger partial charge on any atom is -0.477 e. The minimum atomic E-state index is -4.59. The van der Waals surface area contributed by atoms with Gasteiger partial charge in [-0.15, -0.1) is 11.3 Å². The molecular formula is C26H27F3N6O2S. The number of pyridine rings is 1. The highest BCUT2D eigenvalue weighted by Crippen LogP contribution is 2.45. The predicted molar refractivity (Wildman–Crippen MR) is 142 cm³/mol. The molecule has 0 bridgehead atoms. The van der Waals surface area contributed by atoms with E-state index in [4.69, 9.17) is 9.47 Å². The predicted octanol–water partition coefficient (Wildman–Crippen LogP) is 4.57. The Morgan fingerprint density at radius 2 is 1.74 bits per heavy atom. The van der Waals surface area contributed by atoms with E-state index in [1.165, 1.54) is 0 Å². The maximum Gasteiger partial charge on any atom is 0.417 e. The molecular weight excluding hydrogens is 517 g/mol. The number of aromatic nitrogens is 3. The van der Waals surface area contributed by atoms with Crippen LogP contribution in [0.15, 0.2) is 30.3 Å². The molecule has 0 saturated carbocycles. The van der Waals surface area contributed by atoms with Crippen LogP contribution in [0.2, 0.25) is 0 Å². The van der Waals surface area contributed by atoms with Gasteiger partial charge in [-0.2, -0.15) is 18.2 Å². The number of benzene rings is 1. The molecule has 3 aromatic heterocycles. The zero-order valence-corrected chi connectivity index (χ0v) is 21.7. The van der Waals surface area contributed by atoms with Gasteiger partial charge in [0.05, 0.1) is 36.5 Å². The first-order chi connectivity index (χ1) is 18.4. The number of alkyl halides is 3. The fraction of sp³-hybridized carbons (Fsp3) is 0.423. The fourth-order valence-electron chi connectivity index (χ4n) is 4.88. The highest BCUT2D eigenvalue weighted by Gasteiger charge is 2.36. The van der Waals surface area contributed by atoms with Gasteiger partial charge in [-0.05, 0) is 25.1 Å². The summed E-state index contributed by atoms with van der Waals surface area (Å²) < 4.78 is 55.2. The first-order valence-corrected chi connectivity index (χ1v) is 13.5. The van der Waals surface area contributed by atoms with Crippen molar-refractivity contribution in [3.63, 3.8) is 0 Å². The average Bonchev–Trinajstić information content (AvgIpc) is 3.32. The van der Waals surface area contributed by atoms with E-state index in [0.29, 0.717) is 55.0 Å². The van der Waals surface area contributed by atoms with E-state index in [2.05, 4.69) is 25.2 Å². The molecule has 2 saturated heterocycles. The van der Waals surface area contributed by atoms with Crippen molar-refractivity contribution in [1.82, 2.24) is 20.3 Å². The van der Waals surface area contributed by atoms with Gasteiger partial charge in [-0.3, -0.25) is 0 Å². The SMILES string of the molecule is CCOc1nc(N2CCNCC2)nc2c1sc1nc(-c3ccc(N4CCOCC4)cc3)cc(C(F)(F)F)c12. The molecule has 8 nitrogen and oxygen atoms in total. The molecule has 2 fully saturated rings. The number of halogens is 3. The summed E-state index contributed by atoms with van der Waals surface area (Å²) in [5, 5.41) is 3.26. The van der Waals surface area contributed by atoms with Crippen LogP contribution in [0, 0.1) is 0 Å². The van der Waals surface area contributed by atoms with Gasteiger partial charge in [0.15, 0.2) is 0 Å². The summed E-state index contributed by atoms with van der Waals surface area (Å²) in [6.07, 6.45) is -4.59. The van der Waals surface area contributed by atoms with Gasteiger partial charge in [0, 0.05) is 50.5 Å². The largest absolute Gasteiger partial charge is 0.477 e. The zero-order valence-electron chi connectivity index (χ0n) is 20.8. The Labute approximate surface area is 221 Å². The number of fused-ring (bicyclic) bond motifs is 3. The van der Waals surface area contributed by atoms with Crippen LogP contribution >= 0.6 is 11.3 Å². The van der Waals surface area contributed by atoms with Crippen LogP contribution in [-0.2, 0) is 10.9 Å². The molecule has 0 unspecified atom stereocenters. The molecule has 0 atom stereocenters. The van der Waals surface area contributed by atoms with Gasteiger partial charge < -0.3 is 24.6 Å². The quantitative estimate of drug-likeness (QED) is 0.392. The summed E-state index contributed by atoms with van der Waals surface area (Å²) in [6.45, 7) is 7.85. The maximum absolute atomic E-state index is 14.5. The molecule has 0 radical (unpaired) electrons. The zero-order chi connectivity index (χ0) is 26.3. The minimum absolute atomic E-state index is 0.00840. The number of nitrogens with one attached hydrogen (secondary N) is 1. The van der Waals surface area contributed by atoms with Crippen molar-refractivity contribution in [2.75, 3.05) is 68.9 Å². The number of morpholine rings is 1. The molecule has 200 valence electrons. The second-order valence-corrected chi connectivity index (χ2v) is 10.2. The number of hydrogen-bond acceptors (Lipinski definition) is 9. The summed E-state index contributed by atoms with van der Waals surface area (Å²) in [7, 11) is 0. The van der Waals surface area contributed by atoms with Crippen LogP contribution in [0.5, 0.6) is 5.88 Å². The van der Waals surface area contributed by atoms with Crippen LogP contribution in [0.4, 0.5) is 24.8 Å². The number of piperazine rings is 1. The molecule has 6 rings (SSSR count). The summed E-state index contributed by atoms with van der Waals surface area (Å²) in [5.74, 6) is 0.664. The number of anilines is 2. The summed E-state index contributed by atoms with van der Waals surface area (Å²) in [6, 6.07) is 8.61. The van der Waals surface area contributed by atoms with Crippen molar-refractivity contribution in [2.24, 2.45) is 0 Å². The number of nitrogens with zero attached hydrogens (tertiary/aromatic N) is 5. The standard InChI is InChI=1S/C26H27F3N6O2S/c1-2-37-23-22-21(32-25(33-23)35-9-7-30-8-10-35)20-18(26(27,28)29)15-19(31-24(20)38-22)16-3-5-17(6-4-16)34-11-13-36-14-12-34/h3-6,15,30H,2,7-14H2,1H3. The van der Waals surface area contributed by atoms with Crippen molar-refractivity contribution in [2.45, 2.75) is 13.1 Å². The smallest absolute Gasteiger partial charge is 0.417 e. The molecule has 38 heavy (non-hydrogen) atoms. The Morgan fingerprint density at radius 1 is 1.00 bits per heavy atom. The summed E-state index contributed by atoms with van der Waals surface area (Å²) in [5.41, 5.74) is 1.36. The van der Waals surface area contributed by atoms with E-state index in [1.54, 1.807) is 0 Å². The molecule has 1 aromatic carbocycles. The van der Waals surface area contributed by atoms with E-state index in [1.807, 2.05) is 36.1 Å². The van der Waals surface area contributed by atoms with Crippen molar-refractivity contribution < 1.29 is 22.6 Å². The Balaban J connectivity index is 1.49. The van der Waals surface area contributed by atoms with Crippen LogP contribution < -0.4 is 19.9 Å².